The summed E-state index contributed by atoms with van der Waals surface area (Å²) in [6.45, 7) is 5.34. The highest BCUT2D eigenvalue weighted by Gasteiger charge is 2.11. The maximum absolute atomic E-state index is 10.7. The molecule has 5 heteroatoms. The molecule has 0 radical (unpaired) electrons. The summed E-state index contributed by atoms with van der Waals surface area (Å²) in [5.41, 5.74) is 0.364. The van der Waals surface area contributed by atoms with Crippen molar-refractivity contribution in [1.82, 2.24) is 0 Å². The molecule has 0 N–H and O–H groups in total. The van der Waals surface area contributed by atoms with Crippen molar-refractivity contribution in [2.75, 3.05) is 5.75 Å². The summed E-state index contributed by atoms with van der Waals surface area (Å²) >= 11 is 0. The van der Waals surface area contributed by atoms with Gasteiger partial charge in [-0.3, -0.25) is 0 Å². The van der Waals surface area contributed by atoms with E-state index in [4.69, 9.17) is 15.1 Å². The molecule has 0 aromatic carbocycles. The molecule has 72 valence electrons. The van der Waals surface area contributed by atoms with Crippen LogP contribution < -0.4 is 0 Å². The maximum Gasteiger partial charge on any atom is 0.236 e. The van der Waals surface area contributed by atoms with E-state index in [1.54, 1.807) is 19.1 Å². The van der Waals surface area contributed by atoms with Crippen molar-refractivity contribution in [3.63, 3.8) is 0 Å². The number of rotatable bonds is 3. The zero-order chi connectivity index (χ0) is 10.1. The van der Waals surface area contributed by atoms with Gasteiger partial charge in [0.15, 0.2) is 0 Å². The molecular formula is C8H9ClO3S. The van der Waals surface area contributed by atoms with E-state index >= 15 is 0 Å². The lowest BCUT2D eigenvalue weighted by molar-refractivity contribution is 0.521. The van der Waals surface area contributed by atoms with Crippen molar-refractivity contribution < 1.29 is 12.8 Å². The lowest BCUT2D eigenvalue weighted by Gasteiger charge is -1.97. The average Bonchev–Trinajstić information content (AvgIpc) is 2.31. The number of furan rings is 1. The Morgan fingerprint density at radius 3 is 2.62 bits per heavy atom. The highest BCUT2D eigenvalue weighted by Crippen LogP contribution is 2.18. The summed E-state index contributed by atoms with van der Waals surface area (Å²) < 4.78 is 26.5. The number of aryl methyl sites for hydroxylation is 1. The van der Waals surface area contributed by atoms with Gasteiger partial charge in [0.2, 0.25) is 9.05 Å². The third kappa shape index (κ3) is 3.24. The molecule has 1 heterocycles. The third-order valence-electron chi connectivity index (χ3n) is 1.44. The van der Waals surface area contributed by atoms with Crippen molar-refractivity contribution >= 4 is 25.3 Å². The van der Waals surface area contributed by atoms with Gasteiger partial charge in [-0.2, -0.15) is 0 Å². The standard InChI is InChI=1S/C8H9ClO3S/c1-6(5-13(9,10)11)8-4-3-7(2)12-8/h3-4H,1,5H2,2H3. The number of hydrogen-bond donors (Lipinski definition) is 0. The van der Waals surface area contributed by atoms with Gasteiger partial charge in [0, 0.05) is 16.3 Å². The van der Waals surface area contributed by atoms with E-state index in [0.717, 1.165) is 0 Å². The molecule has 0 atom stereocenters. The summed E-state index contributed by atoms with van der Waals surface area (Å²) in [5.74, 6) is 0.881. The van der Waals surface area contributed by atoms with Crippen LogP contribution in [0.25, 0.3) is 5.57 Å². The first-order chi connectivity index (χ1) is 5.88. The largest absolute Gasteiger partial charge is 0.462 e. The molecule has 0 aliphatic heterocycles. The van der Waals surface area contributed by atoms with Crippen molar-refractivity contribution in [3.8, 4) is 0 Å². The van der Waals surface area contributed by atoms with Crippen LogP contribution in [0, 0.1) is 6.92 Å². The molecule has 0 bridgehead atoms. The molecule has 0 spiro atoms. The van der Waals surface area contributed by atoms with Gasteiger partial charge in [-0.1, -0.05) is 6.58 Å². The molecule has 0 amide bonds. The molecule has 1 aromatic heterocycles. The van der Waals surface area contributed by atoms with Crippen LogP contribution in [-0.2, 0) is 9.05 Å². The lowest BCUT2D eigenvalue weighted by Crippen LogP contribution is -1.98. The molecule has 0 fully saturated rings. The van der Waals surface area contributed by atoms with Crippen molar-refractivity contribution in [2.45, 2.75) is 6.92 Å². The second kappa shape index (κ2) is 3.55. The zero-order valence-electron chi connectivity index (χ0n) is 7.08. The van der Waals surface area contributed by atoms with E-state index in [1.807, 2.05) is 0 Å². The molecule has 0 aliphatic rings. The van der Waals surface area contributed by atoms with Crippen LogP contribution in [0.1, 0.15) is 11.5 Å². The van der Waals surface area contributed by atoms with Crippen LogP contribution in [0.15, 0.2) is 23.1 Å². The minimum absolute atomic E-state index is 0.290. The molecular weight excluding hydrogens is 212 g/mol. The molecule has 3 nitrogen and oxygen atoms in total. The van der Waals surface area contributed by atoms with Gasteiger partial charge < -0.3 is 4.42 Å². The predicted molar refractivity (Wildman–Crippen MR) is 52.1 cm³/mol. The van der Waals surface area contributed by atoms with Crippen LogP contribution >= 0.6 is 10.7 Å². The topological polar surface area (TPSA) is 47.3 Å². The Morgan fingerprint density at radius 1 is 1.62 bits per heavy atom. The van der Waals surface area contributed by atoms with E-state index in [-0.39, 0.29) is 5.75 Å². The Hall–Kier alpha value is -0.740. The normalized spacial score (nSPS) is 11.5. The first kappa shape index (κ1) is 10.3. The Balaban J connectivity index is 2.81. The Kier molecular flexibility index (Phi) is 2.83. The fraction of sp³-hybridized carbons (Fsp3) is 0.250. The average molecular weight is 221 g/mol. The highest BCUT2D eigenvalue weighted by atomic mass is 35.7. The van der Waals surface area contributed by atoms with Crippen molar-refractivity contribution in [2.24, 2.45) is 0 Å². The summed E-state index contributed by atoms with van der Waals surface area (Å²) in [7, 11) is 1.50. The van der Waals surface area contributed by atoms with Crippen molar-refractivity contribution in [3.05, 3.63) is 30.2 Å². The molecule has 0 aliphatic carbocycles. The summed E-state index contributed by atoms with van der Waals surface area (Å²) in [4.78, 5) is 0. The van der Waals surface area contributed by atoms with Crippen molar-refractivity contribution in [1.29, 1.82) is 0 Å². The van der Waals surface area contributed by atoms with Gasteiger partial charge in [0.1, 0.15) is 11.5 Å². The predicted octanol–water partition coefficient (Wildman–Crippen LogP) is 2.17. The minimum atomic E-state index is -3.55. The highest BCUT2D eigenvalue weighted by molar-refractivity contribution is 8.14. The van der Waals surface area contributed by atoms with Gasteiger partial charge in [0.25, 0.3) is 0 Å². The molecule has 1 rings (SSSR count). The fourth-order valence-corrected chi connectivity index (χ4v) is 1.86. The summed E-state index contributed by atoms with van der Waals surface area (Å²) in [6.07, 6.45) is 0. The first-order valence-electron chi connectivity index (χ1n) is 3.55. The SMILES string of the molecule is C=C(CS(=O)(=O)Cl)c1ccc(C)o1. The van der Waals surface area contributed by atoms with E-state index in [1.165, 1.54) is 0 Å². The Bertz CT molecular complexity index is 416. The Morgan fingerprint density at radius 2 is 2.23 bits per heavy atom. The molecule has 0 saturated carbocycles. The van der Waals surface area contributed by atoms with Gasteiger partial charge in [0.05, 0.1) is 5.75 Å². The quantitative estimate of drug-likeness (QED) is 0.734. The molecule has 13 heavy (non-hydrogen) atoms. The maximum atomic E-state index is 10.7. The number of hydrogen-bond acceptors (Lipinski definition) is 3. The number of halogens is 1. The van der Waals surface area contributed by atoms with E-state index < -0.39 is 9.05 Å². The van der Waals surface area contributed by atoms with Gasteiger partial charge in [-0.05, 0) is 19.1 Å². The second-order valence-corrected chi connectivity index (χ2v) is 5.47. The third-order valence-corrected chi connectivity index (χ3v) is 2.46. The first-order valence-corrected chi connectivity index (χ1v) is 6.03. The van der Waals surface area contributed by atoms with Crippen LogP contribution in [0.2, 0.25) is 0 Å². The second-order valence-electron chi connectivity index (χ2n) is 2.70. The van der Waals surface area contributed by atoms with Crippen LogP contribution in [0.4, 0.5) is 0 Å². The summed E-state index contributed by atoms with van der Waals surface area (Å²) in [5, 5.41) is 0. The van der Waals surface area contributed by atoms with Gasteiger partial charge in [-0.25, -0.2) is 8.42 Å². The van der Waals surface area contributed by atoms with Crippen LogP contribution in [-0.4, -0.2) is 14.2 Å². The van der Waals surface area contributed by atoms with Gasteiger partial charge >= 0.3 is 0 Å². The van der Waals surface area contributed by atoms with E-state index in [2.05, 4.69) is 6.58 Å². The lowest BCUT2D eigenvalue weighted by atomic mass is 10.3. The molecule has 0 unspecified atom stereocenters. The van der Waals surface area contributed by atoms with E-state index in [0.29, 0.717) is 17.1 Å². The minimum Gasteiger partial charge on any atom is -0.462 e. The fourth-order valence-electron chi connectivity index (χ4n) is 0.904. The molecule has 0 saturated heterocycles. The summed E-state index contributed by atoms with van der Waals surface area (Å²) in [6, 6.07) is 3.40. The smallest absolute Gasteiger partial charge is 0.236 e. The van der Waals surface area contributed by atoms with Gasteiger partial charge in [-0.15, -0.1) is 0 Å². The Labute approximate surface area is 81.4 Å². The van der Waals surface area contributed by atoms with Crippen LogP contribution in [0.5, 0.6) is 0 Å². The monoisotopic (exact) mass is 220 g/mol. The molecule has 1 aromatic rings. The zero-order valence-corrected chi connectivity index (χ0v) is 8.65. The van der Waals surface area contributed by atoms with Crippen LogP contribution in [0.3, 0.4) is 0 Å². The van der Waals surface area contributed by atoms with E-state index in [9.17, 15) is 8.42 Å².